The van der Waals surface area contributed by atoms with Crippen molar-refractivity contribution in [1.29, 1.82) is 0 Å². The van der Waals surface area contributed by atoms with Gasteiger partial charge in [0.2, 0.25) is 5.91 Å². The van der Waals surface area contributed by atoms with Crippen LogP contribution >= 0.6 is 0 Å². The van der Waals surface area contributed by atoms with E-state index in [1.54, 1.807) is 0 Å². The van der Waals surface area contributed by atoms with Gasteiger partial charge < -0.3 is 14.8 Å². The summed E-state index contributed by atoms with van der Waals surface area (Å²) >= 11 is 0. The minimum Gasteiger partial charge on any atom is -0.463 e. The fourth-order valence-electron chi connectivity index (χ4n) is 1.46. The Balaban J connectivity index is 2.50. The highest BCUT2D eigenvalue weighted by atomic mass is 19.1. The summed E-state index contributed by atoms with van der Waals surface area (Å²) in [4.78, 5) is 32.7. The van der Waals surface area contributed by atoms with E-state index in [9.17, 15) is 24.1 Å². The number of rotatable bonds is 8. The number of nitro groups is 1. The van der Waals surface area contributed by atoms with Crippen molar-refractivity contribution < 1.29 is 28.4 Å². The van der Waals surface area contributed by atoms with Crippen LogP contribution in [0.25, 0.3) is 0 Å². The number of halogens is 1. The molecule has 1 aromatic carbocycles. The van der Waals surface area contributed by atoms with Crippen molar-refractivity contribution in [3.05, 3.63) is 34.1 Å². The Bertz CT molecular complexity index is 563. The molecular formula is C13H15FN2O6. The first-order valence-electron chi connectivity index (χ1n) is 6.32. The second-order valence-electron chi connectivity index (χ2n) is 4.18. The molecule has 1 amide bonds. The summed E-state index contributed by atoms with van der Waals surface area (Å²) < 4.78 is 22.9. The molecule has 1 aromatic rings. The molecule has 0 bridgehead atoms. The fourth-order valence-corrected chi connectivity index (χ4v) is 1.46. The van der Waals surface area contributed by atoms with Gasteiger partial charge in [0.05, 0.1) is 23.6 Å². The summed E-state index contributed by atoms with van der Waals surface area (Å²) in [5.74, 6) is -2.04. The third kappa shape index (κ3) is 5.83. The lowest BCUT2D eigenvalue weighted by atomic mass is 10.2. The molecule has 0 unspecified atom stereocenters. The Kier molecular flexibility index (Phi) is 6.90. The molecule has 1 rings (SSSR count). The molecule has 0 aliphatic carbocycles. The van der Waals surface area contributed by atoms with Crippen molar-refractivity contribution in [2.24, 2.45) is 0 Å². The van der Waals surface area contributed by atoms with Gasteiger partial charge in [0.25, 0.3) is 5.69 Å². The molecule has 8 nitrogen and oxygen atoms in total. The standard InChI is InChI=1S/C13H15FN2O6/c1-21-6-7-22-13(18)5-4-12(17)15-11-8-9(16(19)20)2-3-10(11)14/h2-3,8H,4-7H2,1H3,(H,15,17). The smallest absolute Gasteiger partial charge is 0.306 e. The number of nitrogens with zero attached hydrogens (tertiary/aromatic N) is 1. The maximum atomic E-state index is 13.5. The summed E-state index contributed by atoms with van der Waals surface area (Å²) in [5.41, 5.74) is -0.664. The lowest BCUT2D eigenvalue weighted by molar-refractivity contribution is -0.384. The van der Waals surface area contributed by atoms with Crippen LogP contribution in [0.1, 0.15) is 12.8 Å². The molecule has 0 fully saturated rings. The van der Waals surface area contributed by atoms with Crippen molar-refractivity contribution in [3.63, 3.8) is 0 Å². The number of hydrogen-bond acceptors (Lipinski definition) is 6. The Morgan fingerprint density at radius 3 is 2.68 bits per heavy atom. The molecule has 0 aliphatic rings. The largest absolute Gasteiger partial charge is 0.463 e. The van der Waals surface area contributed by atoms with Crippen molar-refractivity contribution in [2.75, 3.05) is 25.6 Å². The summed E-state index contributed by atoms with van der Waals surface area (Å²) in [6.07, 6.45) is -0.417. The molecular weight excluding hydrogens is 299 g/mol. The van der Waals surface area contributed by atoms with Crippen molar-refractivity contribution in [3.8, 4) is 0 Å². The van der Waals surface area contributed by atoms with E-state index >= 15 is 0 Å². The number of methoxy groups -OCH3 is 1. The number of ether oxygens (including phenoxy) is 2. The van der Waals surface area contributed by atoms with Crippen LogP contribution in [-0.4, -0.2) is 37.1 Å². The van der Waals surface area contributed by atoms with Gasteiger partial charge in [0.1, 0.15) is 12.4 Å². The normalized spacial score (nSPS) is 10.1. The molecule has 0 aromatic heterocycles. The topological polar surface area (TPSA) is 108 Å². The molecule has 0 aliphatic heterocycles. The number of nitrogens with one attached hydrogen (secondary N) is 1. The van der Waals surface area contributed by atoms with E-state index in [0.29, 0.717) is 0 Å². The molecule has 0 spiro atoms. The van der Waals surface area contributed by atoms with Gasteiger partial charge in [-0.25, -0.2) is 4.39 Å². The average Bonchev–Trinajstić information content (AvgIpc) is 2.47. The lowest BCUT2D eigenvalue weighted by Gasteiger charge is -2.07. The molecule has 22 heavy (non-hydrogen) atoms. The lowest BCUT2D eigenvalue weighted by Crippen LogP contribution is -2.16. The van der Waals surface area contributed by atoms with E-state index in [2.05, 4.69) is 10.1 Å². The highest BCUT2D eigenvalue weighted by Gasteiger charge is 2.14. The van der Waals surface area contributed by atoms with Gasteiger partial charge in [-0.3, -0.25) is 19.7 Å². The number of amides is 1. The van der Waals surface area contributed by atoms with Crippen LogP contribution in [0, 0.1) is 15.9 Å². The van der Waals surface area contributed by atoms with Gasteiger partial charge in [-0.1, -0.05) is 0 Å². The summed E-state index contributed by atoms with van der Waals surface area (Å²) in [7, 11) is 1.45. The quantitative estimate of drug-likeness (QED) is 0.338. The maximum Gasteiger partial charge on any atom is 0.306 e. The second-order valence-corrected chi connectivity index (χ2v) is 4.18. The molecule has 1 N–H and O–H groups in total. The fraction of sp³-hybridized carbons (Fsp3) is 0.385. The average molecular weight is 314 g/mol. The minimum atomic E-state index is -0.804. The monoisotopic (exact) mass is 314 g/mol. The van der Waals surface area contributed by atoms with Crippen LogP contribution in [0.2, 0.25) is 0 Å². The maximum absolute atomic E-state index is 13.5. The van der Waals surface area contributed by atoms with Crippen LogP contribution in [0.3, 0.4) is 0 Å². The summed E-state index contributed by atoms with van der Waals surface area (Å²) in [6, 6.07) is 2.77. The third-order valence-electron chi connectivity index (χ3n) is 2.54. The van der Waals surface area contributed by atoms with Gasteiger partial charge in [-0.2, -0.15) is 0 Å². The number of hydrogen-bond donors (Lipinski definition) is 1. The SMILES string of the molecule is COCCOC(=O)CCC(=O)Nc1cc([N+](=O)[O-])ccc1F. The number of non-ortho nitro benzene ring substituents is 1. The van der Waals surface area contributed by atoms with E-state index in [-0.39, 0.29) is 37.4 Å². The number of carbonyl (C=O) groups excluding carboxylic acids is 2. The van der Waals surface area contributed by atoms with E-state index < -0.39 is 22.6 Å². The van der Waals surface area contributed by atoms with Gasteiger partial charge in [0.15, 0.2) is 0 Å². The molecule has 9 heteroatoms. The van der Waals surface area contributed by atoms with Crippen molar-refractivity contribution in [1.82, 2.24) is 0 Å². The van der Waals surface area contributed by atoms with Gasteiger partial charge in [-0.15, -0.1) is 0 Å². The number of nitro benzene ring substituents is 1. The van der Waals surface area contributed by atoms with Crippen LogP contribution in [0.4, 0.5) is 15.8 Å². The van der Waals surface area contributed by atoms with E-state index in [1.807, 2.05) is 0 Å². The first-order valence-corrected chi connectivity index (χ1v) is 6.32. The van der Waals surface area contributed by atoms with Gasteiger partial charge in [-0.05, 0) is 6.07 Å². The van der Waals surface area contributed by atoms with Crippen LogP contribution < -0.4 is 5.32 Å². The molecule has 0 saturated heterocycles. The van der Waals surface area contributed by atoms with E-state index in [4.69, 9.17) is 4.74 Å². The molecule has 0 radical (unpaired) electrons. The van der Waals surface area contributed by atoms with Gasteiger partial charge in [0, 0.05) is 25.7 Å². The van der Waals surface area contributed by atoms with Crippen LogP contribution in [0.5, 0.6) is 0 Å². The molecule has 0 atom stereocenters. The molecule has 0 saturated carbocycles. The number of benzene rings is 1. The highest BCUT2D eigenvalue weighted by Crippen LogP contribution is 2.21. The minimum absolute atomic E-state index is 0.0798. The Labute approximate surface area is 125 Å². The first-order chi connectivity index (χ1) is 10.4. The zero-order chi connectivity index (χ0) is 16.5. The number of carbonyl (C=O) groups is 2. The van der Waals surface area contributed by atoms with Crippen LogP contribution in [0.15, 0.2) is 18.2 Å². The highest BCUT2D eigenvalue weighted by molar-refractivity contribution is 5.93. The van der Waals surface area contributed by atoms with E-state index in [0.717, 1.165) is 18.2 Å². The van der Waals surface area contributed by atoms with Gasteiger partial charge >= 0.3 is 5.97 Å². The van der Waals surface area contributed by atoms with Crippen molar-refractivity contribution >= 4 is 23.3 Å². The van der Waals surface area contributed by atoms with Crippen molar-refractivity contribution in [2.45, 2.75) is 12.8 Å². The zero-order valence-corrected chi connectivity index (χ0v) is 11.8. The Morgan fingerprint density at radius 2 is 2.05 bits per heavy atom. The molecule has 120 valence electrons. The zero-order valence-electron chi connectivity index (χ0n) is 11.8. The third-order valence-corrected chi connectivity index (χ3v) is 2.54. The van der Waals surface area contributed by atoms with Crippen LogP contribution in [-0.2, 0) is 19.1 Å². The predicted octanol–water partition coefficient (Wildman–Crippen LogP) is 1.64. The number of anilines is 1. The summed E-state index contributed by atoms with van der Waals surface area (Å²) in [5, 5.41) is 12.8. The Morgan fingerprint density at radius 1 is 1.32 bits per heavy atom. The second kappa shape index (κ2) is 8.67. The summed E-state index contributed by atoms with van der Waals surface area (Å²) in [6.45, 7) is 0.327. The Hall–Kier alpha value is -2.55. The molecule has 0 heterocycles. The predicted molar refractivity (Wildman–Crippen MR) is 73.8 cm³/mol. The first kappa shape index (κ1) is 17.5. The van der Waals surface area contributed by atoms with E-state index in [1.165, 1.54) is 7.11 Å². The number of esters is 1.